The fraction of sp³-hybridized carbons (Fsp3) is 0.391. The number of benzene rings is 1. The molecule has 4 heterocycles. The van der Waals surface area contributed by atoms with Crippen molar-refractivity contribution in [3.05, 3.63) is 71.7 Å². The highest BCUT2D eigenvalue weighted by Crippen LogP contribution is 2.44. The number of likely N-dealkylation sites (tertiary alicyclic amines) is 1. The normalized spacial score (nSPS) is 17.8. The topological polar surface area (TPSA) is 46.0 Å². The number of hydrogen-bond acceptors (Lipinski definition) is 4. The van der Waals surface area contributed by atoms with E-state index in [0.717, 1.165) is 48.8 Å². The molecule has 1 spiro atoms. The molecular weight excluding hydrogens is 365 g/mol. The van der Waals surface area contributed by atoms with E-state index in [0.29, 0.717) is 12.5 Å². The van der Waals surface area contributed by atoms with Crippen LogP contribution in [0.1, 0.15) is 49.7 Å². The molecule has 2 aromatic heterocycles. The van der Waals surface area contributed by atoms with Gasteiger partial charge >= 0.3 is 0 Å². The summed E-state index contributed by atoms with van der Waals surface area (Å²) in [6.07, 6.45) is 5.74. The lowest BCUT2D eigenvalue weighted by atomic mass is 9.82. The Morgan fingerprint density at radius 3 is 2.66 bits per heavy atom. The summed E-state index contributed by atoms with van der Waals surface area (Å²) in [5.74, 6) is 2.18. The van der Waals surface area contributed by atoms with Crippen LogP contribution in [0.25, 0.3) is 5.82 Å². The Labute approximate surface area is 170 Å². The van der Waals surface area contributed by atoms with Crippen LogP contribution in [0.4, 0.5) is 10.1 Å². The van der Waals surface area contributed by atoms with Gasteiger partial charge in [0.1, 0.15) is 11.6 Å². The molecule has 0 amide bonds. The van der Waals surface area contributed by atoms with E-state index in [9.17, 15) is 4.39 Å². The lowest BCUT2D eigenvalue weighted by Gasteiger charge is -2.45. The minimum absolute atomic E-state index is 0.122. The third kappa shape index (κ3) is 3.02. The maximum absolute atomic E-state index is 14.1. The molecule has 0 atom stereocenters. The van der Waals surface area contributed by atoms with Gasteiger partial charge in [0, 0.05) is 37.3 Å². The molecular formula is C23H26FN5. The van der Waals surface area contributed by atoms with Gasteiger partial charge in [0.25, 0.3) is 0 Å². The number of hydrogen-bond donors (Lipinski definition) is 1. The molecule has 6 heteroatoms. The minimum atomic E-state index is -0.165. The smallest absolute Gasteiger partial charge is 0.161 e. The molecule has 2 aliphatic rings. The summed E-state index contributed by atoms with van der Waals surface area (Å²) in [5, 5.41) is 3.79. The van der Waals surface area contributed by atoms with Gasteiger partial charge in [0.05, 0.1) is 23.1 Å². The summed E-state index contributed by atoms with van der Waals surface area (Å²) >= 11 is 0. The Morgan fingerprint density at radius 1 is 1.10 bits per heavy atom. The number of pyridine rings is 1. The average molecular weight is 391 g/mol. The Hall–Kier alpha value is -2.73. The average Bonchev–Trinajstić information content (AvgIpc) is 3.18. The van der Waals surface area contributed by atoms with Gasteiger partial charge < -0.3 is 5.32 Å². The third-order valence-corrected chi connectivity index (χ3v) is 6.23. The number of halogens is 1. The number of nitrogens with zero attached hydrogens (tertiary/aromatic N) is 4. The molecule has 0 saturated carbocycles. The van der Waals surface area contributed by atoms with Crippen LogP contribution in [0, 0.1) is 5.82 Å². The van der Waals surface area contributed by atoms with Gasteiger partial charge in [-0.3, -0.25) is 9.47 Å². The SMILES string of the molecule is CC(C)c1ncc2n1-c1ncccc1NC21CCN(Cc2ccccc2F)CC1. The number of aromatic nitrogens is 3. The third-order valence-electron chi connectivity index (χ3n) is 6.23. The second-order valence-electron chi connectivity index (χ2n) is 8.44. The van der Waals surface area contributed by atoms with E-state index >= 15 is 0 Å². The van der Waals surface area contributed by atoms with Crippen LogP contribution in [0.5, 0.6) is 0 Å². The van der Waals surface area contributed by atoms with Crippen LogP contribution in [0.15, 0.2) is 48.8 Å². The van der Waals surface area contributed by atoms with E-state index in [1.165, 1.54) is 5.69 Å². The monoisotopic (exact) mass is 391 g/mol. The van der Waals surface area contributed by atoms with Crippen molar-refractivity contribution in [2.45, 2.75) is 44.7 Å². The van der Waals surface area contributed by atoms with E-state index < -0.39 is 0 Å². The van der Waals surface area contributed by atoms with Crippen LogP contribution >= 0.6 is 0 Å². The molecule has 29 heavy (non-hydrogen) atoms. The van der Waals surface area contributed by atoms with Crippen LogP contribution in [0.2, 0.25) is 0 Å². The van der Waals surface area contributed by atoms with Crippen molar-refractivity contribution < 1.29 is 4.39 Å². The first-order chi connectivity index (χ1) is 14.1. The zero-order chi connectivity index (χ0) is 20.0. The highest BCUT2D eigenvalue weighted by Gasteiger charge is 2.43. The highest BCUT2D eigenvalue weighted by atomic mass is 19.1. The van der Waals surface area contributed by atoms with E-state index in [1.54, 1.807) is 12.1 Å². The first-order valence-electron chi connectivity index (χ1n) is 10.3. The first-order valence-corrected chi connectivity index (χ1v) is 10.3. The zero-order valence-electron chi connectivity index (χ0n) is 16.9. The van der Waals surface area contributed by atoms with Crippen molar-refractivity contribution in [2.24, 2.45) is 0 Å². The molecule has 1 N–H and O–H groups in total. The number of imidazole rings is 1. The fourth-order valence-corrected chi connectivity index (χ4v) is 4.67. The maximum Gasteiger partial charge on any atom is 0.161 e. The largest absolute Gasteiger partial charge is 0.371 e. The van der Waals surface area contributed by atoms with Crippen molar-refractivity contribution in [2.75, 3.05) is 18.4 Å². The molecule has 0 radical (unpaired) electrons. The Morgan fingerprint density at radius 2 is 1.90 bits per heavy atom. The Balaban J connectivity index is 1.45. The quantitative estimate of drug-likeness (QED) is 0.717. The lowest BCUT2D eigenvalue weighted by Crippen LogP contribution is -2.49. The number of nitrogens with one attached hydrogen (secondary N) is 1. The van der Waals surface area contributed by atoms with Gasteiger partial charge in [-0.25, -0.2) is 14.4 Å². The predicted octanol–water partition coefficient (Wildman–Crippen LogP) is 4.45. The van der Waals surface area contributed by atoms with Gasteiger partial charge in [0.2, 0.25) is 0 Å². The molecule has 3 aromatic rings. The summed E-state index contributed by atoms with van der Waals surface area (Å²) in [6.45, 7) is 6.80. The maximum atomic E-state index is 14.1. The summed E-state index contributed by atoms with van der Waals surface area (Å²) < 4.78 is 16.3. The number of rotatable bonds is 3. The molecule has 5 rings (SSSR count). The van der Waals surface area contributed by atoms with Crippen LogP contribution in [-0.4, -0.2) is 32.5 Å². The summed E-state index contributed by atoms with van der Waals surface area (Å²) in [6, 6.07) is 11.1. The van der Waals surface area contributed by atoms with E-state index in [4.69, 9.17) is 4.98 Å². The fourth-order valence-electron chi connectivity index (χ4n) is 4.67. The number of piperidine rings is 1. The molecule has 0 unspecified atom stereocenters. The van der Waals surface area contributed by atoms with Crippen molar-refractivity contribution in [3.8, 4) is 5.82 Å². The molecule has 150 valence electrons. The standard InChI is InChI=1S/C23H26FN5/c1-16(2)21-26-14-20-23(27-19-8-5-11-25-22(19)29(20)21)9-12-28(13-10-23)15-17-6-3-4-7-18(17)24/h3-8,11,14,16,27H,9-10,12-13,15H2,1-2H3. The molecule has 0 aliphatic carbocycles. The molecule has 1 aromatic carbocycles. The zero-order valence-corrected chi connectivity index (χ0v) is 16.9. The van der Waals surface area contributed by atoms with Crippen LogP contribution in [0.3, 0.4) is 0 Å². The highest BCUT2D eigenvalue weighted by molar-refractivity contribution is 5.63. The van der Waals surface area contributed by atoms with Gasteiger partial charge in [-0.1, -0.05) is 32.0 Å². The second kappa shape index (κ2) is 6.95. The Bertz CT molecular complexity index is 1030. The predicted molar refractivity (Wildman–Crippen MR) is 112 cm³/mol. The van der Waals surface area contributed by atoms with Gasteiger partial charge in [0.15, 0.2) is 5.82 Å². The van der Waals surface area contributed by atoms with Gasteiger partial charge in [-0.2, -0.15) is 0 Å². The molecule has 1 fully saturated rings. The molecule has 1 saturated heterocycles. The summed E-state index contributed by atoms with van der Waals surface area (Å²) in [5.41, 5.74) is 2.85. The summed E-state index contributed by atoms with van der Waals surface area (Å²) in [4.78, 5) is 11.7. The first kappa shape index (κ1) is 18.3. The number of anilines is 1. The molecule has 0 bridgehead atoms. The van der Waals surface area contributed by atoms with Crippen molar-refractivity contribution in [1.82, 2.24) is 19.4 Å². The van der Waals surface area contributed by atoms with Crippen molar-refractivity contribution in [3.63, 3.8) is 0 Å². The van der Waals surface area contributed by atoms with Crippen molar-refractivity contribution in [1.29, 1.82) is 0 Å². The molecule has 5 nitrogen and oxygen atoms in total. The lowest BCUT2D eigenvalue weighted by molar-refractivity contribution is 0.160. The van der Waals surface area contributed by atoms with E-state index in [1.807, 2.05) is 30.6 Å². The second-order valence-corrected chi connectivity index (χ2v) is 8.44. The van der Waals surface area contributed by atoms with Gasteiger partial charge in [-0.15, -0.1) is 0 Å². The minimum Gasteiger partial charge on any atom is -0.371 e. The molecule has 2 aliphatic heterocycles. The van der Waals surface area contributed by atoms with Crippen LogP contribution in [-0.2, 0) is 12.1 Å². The number of fused-ring (bicyclic) bond motifs is 4. The van der Waals surface area contributed by atoms with Crippen LogP contribution < -0.4 is 5.32 Å². The van der Waals surface area contributed by atoms with E-state index in [2.05, 4.69) is 39.7 Å². The van der Waals surface area contributed by atoms with Gasteiger partial charge in [-0.05, 0) is 31.0 Å². The summed E-state index contributed by atoms with van der Waals surface area (Å²) in [7, 11) is 0. The Kier molecular flexibility index (Phi) is 4.39. The van der Waals surface area contributed by atoms with E-state index in [-0.39, 0.29) is 11.4 Å². The van der Waals surface area contributed by atoms with Crippen molar-refractivity contribution >= 4 is 5.69 Å².